The molecule has 0 saturated carbocycles. The van der Waals surface area contributed by atoms with Crippen LogP contribution in [0.1, 0.15) is 89.8 Å². The maximum atomic E-state index is 10.0. The molecule has 1 aliphatic heterocycles. The van der Waals surface area contributed by atoms with Crippen LogP contribution in [-0.2, 0) is 38.8 Å². The van der Waals surface area contributed by atoms with Crippen molar-refractivity contribution in [3.05, 3.63) is 69.4 Å². The van der Waals surface area contributed by atoms with Crippen molar-refractivity contribution < 1.29 is 0 Å². The van der Waals surface area contributed by atoms with Gasteiger partial charge in [0.15, 0.2) is 0 Å². The number of benzene rings is 1. The van der Waals surface area contributed by atoms with Crippen LogP contribution in [0.25, 0.3) is 5.70 Å². The summed E-state index contributed by atoms with van der Waals surface area (Å²) in [5.74, 6) is 2.18. The first-order valence-corrected chi connectivity index (χ1v) is 14.6. The van der Waals surface area contributed by atoms with E-state index in [9.17, 15) is 5.26 Å². The predicted octanol–water partition coefficient (Wildman–Crippen LogP) is 5.17. The summed E-state index contributed by atoms with van der Waals surface area (Å²) in [6.07, 6.45) is 6.43. The topological polar surface area (TPSA) is 99.9 Å². The lowest BCUT2D eigenvalue weighted by Crippen LogP contribution is -2.29. The summed E-state index contributed by atoms with van der Waals surface area (Å²) in [5.41, 5.74) is 16.6. The van der Waals surface area contributed by atoms with Crippen molar-refractivity contribution in [3.8, 4) is 6.07 Å². The predicted molar refractivity (Wildman–Crippen MR) is 161 cm³/mol. The summed E-state index contributed by atoms with van der Waals surface area (Å²) in [5, 5.41) is 15.0. The van der Waals surface area contributed by atoms with E-state index in [1.54, 1.807) is 0 Å². The number of nitrogens with zero attached hydrogens (tertiary/aromatic N) is 7. The molecule has 2 aromatic heterocycles. The summed E-state index contributed by atoms with van der Waals surface area (Å²) in [4.78, 5) is 14.7. The number of aryl methyl sites for hydroxylation is 3. The second-order valence-corrected chi connectivity index (χ2v) is 11.4. The first-order chi connectivity index (χ1) is 19.3. The first kappa shape index (κ1) is 27.7. The molecule has 2 N–H and O–H groups in total. The number of rotatable bonds is 7. The van der Waals surface area contributed by atoms with E-state index < -0.39 is 0 Å². The van der Waals surface area contributed by atoms with Gasteiger partial charge in [-0.2, -0.15) is 10.4 Å². The molecule has 0 radical (unpaired) electrons. The number of hydrogen-bond donors (Lipinski definition) is 1. The minimum Gasteiger partial charge on any atom is -0.398 e. The third kappa shape index (κ3) is 4.94. The van der Waals surface area contributed by atoms with Crippen molar-refractivity contribution in [1.29, 1.82) is 5.26 Å². The van der Waals surface area contributed by atoms with Crippen LogP contribution < -0.4 is 10.6 Å². The lowest BCUT2D eigenvalue weighted by Gasteiger charge is -2.31. The van der Waals surface area contributed by atoms with E-state index in [1.165, 1.54) is 22.4 Å². The third-order valence-electron chi connectivity index (χ3n) is 8.60. The molecule has 0 bridgehead atoms. The van der Waals surface area contributed by atoms with Crippen molar-refractivity contribution >= 4 is 17.2 Å². The molecular formula is C32H42N8. The van der Waals surface area contributed by atoms with Gasteiger partial charge < -0.3 is 15.5 Å². The first-order valence-electron chi connectivity index (χ1n) is 14.6. The Morgan fingerprint density at radius 1 is 1.23 bits per heavy atom. The van der Waals surface area contributed by atoms with Gasteiger partial charge in [0.1, 0.15) is 23.4 Å². The van der Waals surface area contributed by atoms with Gasteiger partial charge in [0.2, 0.25) is 0 Å². The molecule has 5 rings (SSSR count). The molecule has 1 atom stereocenters. The van der Waals surface area contributed by atoms with E-state index in [1.807, 2.05) is 25.1 Å². The van der Waals surface area contributed by atoms with Crippen molar-refractivity contribution in [1.82, 2.24) is 24.6 Å². The van der Waals surface area contributed by atoms with Crippen LogP contribution >= 0.6 is 0 Å². The third-order valence-corrected chi connectivity index (χ3v) is 8.60. The van der Waals surface area contributed by atoms with Crippen LogP contribution in [0.4, 0.5) is 11.5 Å². The molecule has 1 unspecified atom stereocenters. The van der Waals surface area contributed by atoms with Crippen LogP contribution in [0, 0.1) is 18.3 Å². The van der Waals surface area contributed by atoms with Gasteiger partial charge in [-0.3, -0.25) is 4.68 Å². The van der Waals surface area contributed by atoms with Gasteiger partial charge in [-0.1, -0.05) is 32.9 Å². The molecule has 2 aliphatic rings. The highest BCUT2D eigenvalue weighted by Gasteiger charge is 2.31. The van der Waals surface area contributed by atoms with Gasteiger partial charge in [0.25, 0.3) is 0 Å². The second kappa shape index (κ2) is 11.3. The van der Waals surface area contributed by atoms with Crippen LogP contribution in [0.15, 0.2) is 18.7 Å². The fourth-order valence-corrected chi connectivity index (χ4v) is 6.38. The Balaban J connectivity index is 1.52. The number of hydrogen-bond acceptors (Lipinski definition) is 7. The molecule has 40 heavy (non-hydrogen) atoms. The van der Waals surface area contributed by atoms with E-state index in [0.29, 0.717) is 11.3 Å². The number of anilines is 2. The molecule has 8 heteroatoms. The van der Waals surface area contributed by atoms with Crippen LogP contribution in [-0.4, -0.2) is 45.3 Å². The molecule has 0 spiro atoms. The Labute approximate surface area is 238 Å². The molecule has 210 valence electrons. The zero-order chi connectivity index (χ0) is 28.6. The van der Waals surface area contributed by atoms with E-state index in [0.717, 1.165) is 98.9 Å². The molecule has 3 heterocycles. The maximum Gasteiger partial charge on any atom is 0.136 e. The van der Waals surface area contributed by atoms with Crippen molar-refractivity contribution in [2.75, 3.05) is 31.3 Å². The monoisotopic (exact) mass is 538 g/mol. The normalized spacial score (nSPS) is 16.6. The molecule has 0 fully saturated rings. The molecule has 0 saturated heterocycles. The highest BCUT2D eigenvalue weighted by Crippen LogP contribution is 2.40. The Kier molecular flexibility index (Phi) is 7.84. The summed E-state index contributed by atoms with van der Waals surface area (Å²) in [7, 11) is 4.03. The minimum atomic E-state index is 0.229. The Morgan fingerprint density at radius 2 is 2.02 bits per heavy atom. The van der Waals surface area contributed by atoms with E-state index >= 15 is 0 Å². The largest absolute Gasteiger partial charge is 0.398 e. The van der Waals surface area contributed by atoms with Gasteiger partial charge in [-0.15, -0.1) is 0 Å². The van der Waals surface area contributed by atoms with Crippen molar-refractivity contribution in [2.24, 2.45) is 0 Å². The Morgan fingerprint density at radius 3 is 2.73 bits per heavy atom. The number of nitrogen functional groups attached to an aromatic ring is 1. The van der Waals surface area contributed by atoms with Gasteiger partial charge in [-0.05, 0) is 62.1 Å². The molecule has 1 aliphatic carbocycles. The summed E-state index contributed by atoms with van der Waals surface area (Å²) in [6, 6.07) is 6.44. The van der Waals surface area contributed by atoms with Gasteiger partial charge in [-0.25, -0.2) is 9.97 Å². The molecule has 0 amide bonds. The van der Waals surface area contributed by atoms with E-state index in [-0.39, 0.29) is 5.92 Å². The minimum absolute atomic E-state index is 0.229. The highest BCUT2D eigenvalue weighted by molar-refractivity contribution is 5.63. The fraction of sp³-hybridized carbons (Fsp3) is 0.500. The lowest BCUT2D eigenvalue weighted by molar-refractivity contribution is 0.557. The van der Waals surface area contributed by atoms with E-state index in [4.69, 9.17) is 20.8 Å². The molecule has 1 aromatic carbocycles. The van der Waals surface area contributed by atoms with Crippen LogP contribution in [0.2, 0.25) is 0 Å². The SMILES string of the molecule is C=C(c1nn2c(c1C)CN(c1nc(CC)nc3c1CCC(c1c(CCC)ccc(N)c1C#N)C3)CCC2)N(C)C. The lowest BCUT2D eigenvalue weighted by atomic mass is 9.78. The molecule has 8 nitrogen and oxygen atoms in total. The fourth-order valence-electron chi connectivity index (χ4n) is 6.38. The maximum absolute atomic E-state index is 10.0. The molecule has 3 aromatic rings. The number of fused-ring (bicyclic) bond motifs is 2. The summed E-state index contributed by atoms with van der Waals surface area (Å²) in [6.45, 7) is 13.3. The highest BCUT2D eigenvalue weighted by atomic mass is 15.3. The number of aromatic nitrogens is 4. The average molecular weight is 539 g/mol. The zero-order valence-electron chi connectivity index (χ0n) is 24.7. The van der Waals surface area contributed by atoms with Gasteiger partial charge >= 0.3 is 0 Å². The molecular weight excluding hydrogens is 496 g/mol. The van der Waals surface area contributed by atoms with Crippen molar-refractivity contribution in [3.63, 3.8) is 0 Å². The quantitative estimate of drug-likeness (QED) is 0.415. The average Bonchev–Trinajstić information content (AvgIpc) is 3.11. The van der Waals surface area contributed by atoms with Gasteiger partial charge in [0, 0.05) is 50.4 Å². The van der Waals surface area contributed by atoms with E-state index in [2.05, 4.69) is 49.1 Å². The Bertz CT molecular complexity index is 1480. The smallest absolute Gasteiger partial charge is 0.136 e. The van der Waals surface area contributed by atoms with Gasteiger partial charge in [0.05, 0.1) is 29.2 Å². The van der Waals surface area contributed by atoms with Crippen LogP contribution in [0.3, 0.4) is 0 Å². The number of nitrogens with two attached hydrogens (primary N) is 1. The summed E-state index contributed by atoms with van der Waals surface area (Å²) >= 11 is 0. The standard InChI is InChI=1S/C32H42N8/c1-7-10-22-12-14-26(34)25(18-33)30(22)23-11-13-24-27(17-23)35-29(8-2)36-32(24)39-15-9-16-40-28(19-39)20(3)31(37-40)21(4)38(5)6/h12,14,23H,4,7-11,13,15-17,19,34H2,1-3,5-6H3. The van der Waals surface area contributed by atoms with Crippen molar-refractivity contribution in [2.45, 2.75) is 84.7 Å². The second-order valence-electron chi connectivity index (χ2n) is 11.4. The Hall–Kier alpha value is -3.86. The number of nitriles is 1. The summed E-state index contributed by atoms with van der Waals surface area (Å²) < 4.78 is 2.17. The zero-order valence-corrected chi connectivity index (χ0v) is 24.7. The van der Waals surface area contributed by atoms with Crippen LogP contribution in [0.5, 0.6) is 0 Å².